The van der Waals surface area contributed by atoms with Crippen molar-refractivity contribution in [2.75, 3.05) is 10.8 Å². The van der Waals surface area contributed by atoms with Gasteiger partial charge in [0.15, 0.2) is 0 Å². The lowest BCUT2D eigenvalue weighted by molar-refractivity contribution is -0.140. The normalized spacial score (nSPS) is 12.7. The van der Waals surface area contributed by atoms with E-state index in [9.17, 15) is 31.2 Å². The minimum atomic E-state index is -4.94. The van der Waals surface area contributed by atoms with Crippen molar-refractivity contribution in [3.05, 3.63) is 128 Å². The Balaban J connectivity index is 1.91. The quantitative estimate of drug-likeness (QED) is 0.166. The van der Waals surface area contributed by atoms with E-state index in [1.807, 2.05) is 0 Å². The van der Waals surface area contributed by atoms with Crippen LogP contribution in [0.2, 0.25) is 15.1 Å². The topological polar surface area (TPSA) is 86.8 Å². The highest BCUT2D eigenvalue weighted by molar-refractivity contribution is 7.92. The molecule has 0 saturated heterocycles. The van der Waals surface area contributed by atoms with Crippen molar-refractivity contribution in [1.82, 2.24) is 10.2 Å². The van der Waals surface area contributed by atoms with Crippen LogP contribution in [0.5, 0.6) is 0 Å². The molecule has 50 heavy (non-hydrogen) atoms. The van der Waals surface area contributed by atoms with Gasteiger partial charge in [-0.25, -0.2) is 8.42 Å². The summed E-state index contributed by atoms with van der Waals surface area (Å²) >= 11 is 18.9. The molecular weight excluding hydrogens is 734 g/mol. The standard InChI is InChI=1S/C36H35Cl3F3N3O4S/c1-23-13-16-26(17-14-23)50(48,49)45(25-15-18-31(39)28(20-25)36(40,41)42)22-33(46)44(21-27-29(37)11-8-12-30(27)38)32(34(47)43-35(2,3)4)19-24-9-6-5-7-10-24/h5-18,20,32H,19,21-22H2,1-4H3,(H,43,47). The Morgan fingerprint density at radius 1 is 0.820 bits per heavy atom. The lowest BCUT2D eigenvalue weighted by atomic mass is 10.0. The van der Waals surface area contributed by atoms with Crippen LogP contribution >= 0.6 is 34.8 Å². The zero-order valence-electron chi connectivity index (χ0n) is 27.6. The van der Waals surface area contributed by atoms with Crippen LogP contribution in [0.3, 0.4) is 0 Å². The van der Waals surface area contributed by atoms with Gasteiger partial charge in [0.05, 0.1) is 21.2 Å². The Bertz CT molecular complexity index is 1930. The summed E-state index contributed by atoms with van der Waals surface area (Å²) in [5, 5.41) is 2.60. The number of alkyl halides is 3. The summed E-state index contributed by atoms with van der Waals surface area (Å²) in [6.45, 7) is 5.69. The molecule has 4 rings (SSSR count). The smallest absolute Gasteiger partial charge is 0.350 e. The third-order valence-electron chi connectivity index (χ3n) is 7.59. The SMILES string of the molecule is Cc1ccc(S(=O)(=O)N(CC(=O)N(Cc2c(Cl)cccc2Cl)C(Cc2ccccc2)C(=O)NC(C)(C)C)c2ccc(Cl)c(C(F)(F)F)c2)cc1. The van der Waals surface area contributed by atoms with Gasteiger partial charge in [-0.15, -0.1) is 0 Å². The van der Waals surface area contributed by atoms with E-state index in [-0.39, 0.29) is 33.5 Å². The number of carbonyl (C=O) groups is 2. The van der Waals surface area contributed by atoms with Crippen molar-refractivity contribution in [2.45, 2.75) is 63.3 Å². The fraction of sp³-hybridized carbons (Fsp3) is 0.278. The Labute approximate surface area is 305 Å². The van der Waals surface area contributed by atoms with Crippen LogP contribution in [0.15, 0.2) is 95.9 Å². The summed E-state index contributed by atoms with van der Waals surface area (Å²) < 4.78 is 71.0. The predicted octanol–water partition coefficient (Wildman–Crippen LogP) is 8.72. The number of benzene rings is 4. The molecule has 0 aliphatic carbocycles. The van der Waals surface area contributed by atoms with E-state index in [4.69, 9.17) is 34.8 Å². The first kappa shape index (κ1) is 39.0. The summed E-state index contributed by atoms with van der Waals surface area (Å²) in [6, 6.07) is 20.5. The summed E-state index contributed by atoms with van der Waals surface area (Å²) in [5.41, 5.74) is -0.801. The molecule has 0 bridgehead atoms. The van der Waals surface area contributed by atoms with Gasteiger partial charge in [0.25, 0.3) is 10.0 Å². The molecule has 7 nitrogen and oxygen atoms in total. The third-order valence-corrected chi connectivity index (χ3v) is 10.4. The van der Waals surface area contributed by atoms with Crippen molar-refractivity contribution in [3.8, 4) is 0 Å². The molecule has 1 atom stereocenters. The molecule has 266 valence electrons. The highest BCUT2D eigenvalue weighted by atomic mass is 35.5. The second-order valence-electron chi connectivity index (χ2n) is 12.7. The number of rotatable bonds is 11. The summed E-state index contributed by atoms with van der Waals surface area (Å²) in [5.74, 6) is -1.47. The Kier molecular flexibility index (Phi) is 12.2. The number of amides is 2. The van der Waals surface area contributed by atoms with E-state index in [1.165, 1.54) is 24.3 Å². The molecule has 0 radical (unpaired) electrons. The van der Waals surface area contributed by atoms with Gasteiger partial charge >= 0.3 is 6.18 Å². The number of anilines is 1. The Morgan fingerprint density at radius 2 is 1.42 bits per heavy atom. The largest absolute Gasteiger partial charge is 0.417 e. The molecule has 0 aliphatic heterocycles. The molecule has 0 fully saturated rings. The highest BCUT2D eigenvalue weighted by Gasteiger charge is 2.38. The molecule has 4 aromatic carbocycles. The Hall–Kier alpha value is -3.77. The van der Waals surface area contributed by atoms with Crippen molar-refractivity contribution >= 4 is 62.3 Å². The zero-order chi connectivity index (χ0) is 37.0. The second kappa shape index (κ2) is 15.6. The highest BCUT2D eigenvalue weighted by Crippen LogP contribution is 2.38. The molecular formula is C36H35Cl3F3N3O4S. The van der Waals surface area contributed by atoms with Gasteiger partial charge < -0.3 is 10.2 Å². The molecule has 0 heterocycles. The average molecular weight is 769 g/mol. The molecule has 14 heteroatoms. The minimum absolute atomic E-state index is 0.000440. The van der Waals surface area contributed by atoms with Gasteiger partial charge in [-0.3, -0.25) is 13.9 Å². The van der Waals surface area contributed by atoms with E-state index in [2.05, 4.69) is 5.32 Å². The van der Waals surface area contributed by atoms with Crippen LogP contribution in [-0.4, -0.2) is 43.3 Å². The van der Waals surface area contributed by atoms with Crippen LogP contribution in [0.1, 0.15) is 43.0 Å². The number of halogens is 6. The summed E-state index contributed by atoms with van der Waals surface area (Å²) in [4.78, 5) is 29.5. The van der Waals surface area contributed by atoms with Crippen molar-refractivity contribution < 1.29 is 31.2 Å². The first-order valence-corrected chi connectivity index (χ1v) is 17.9. The van der Waals surface area contributed by atoms with E-state index < -0.39 is 62.4 Å². The minimum Gasteiger partial charge on any atom is -0.350 e. The molecule has 4 aromatic rings. The summed E-state index contributed by atoms with van der Waals surface area (Å²) in [6.07, 6.45) is -4.94. The number of aryl methyl sites for hydroxylation is 1. The van der Waals surface area contributed by atoms with Gasteiger partial charge in [0, 0.05) is 34.1 Å². The molecule has 0 spiro atoms. The van der Waals surface area contributed by atoms with Crippen LogP contribution in [-0.2, 0) is 38.8 Å². The number of carbonyl (C=O) groups excluding carboxylic acids is 2. The van der Waals surface area contributed by atoms with Crippen LogP contribution in [0.4, 0.5) is 18.9 Å². The van der Waals surface area contributed by atoms with Crippen molar-refractivity contribution in [2.24, 2.45) is 0 Å². The average Bonchev–Trinajstić information content (AvgIpc) is 3.02. The first-order chi connectivity index (χ1) is 23.3. The lowest BCUT2D eigenvalue weighted by Gasteiger charge is -2.35. The van der Waals surface area contributed by atoms with Gasteiger partial charge in [-0.05, 0) is 75.7 Å². The van der Waals surface area contributed by atoms with E-state index in [1.54, 1.807) is 76.2 Å². The van der Waals surface area contributed by atoms with Gasteiger partial charge in [-0.2, -0.15) is 13.2 Å². The Morgan fingerprint density at radius 3 is 1.98 bits per heavy atom. The molecule has 1 unspecified atom stereocenters. The van der Waals surface area contributed by atoms with Crippen LogP contribution in [0, 0.1) is 6.92 Å². The maximum absolute atomic E-state index is 14.6. The maximum atomic E-state index is 14.6. The molecule has 0 aliphatic rings. The van der Waals surface area contributed by atoms with Gasteiger partial charge in [0.1, 0.15) is 12.6 Å². The van der Waals surface area contributed by atoms with Gasteiger partial charge in [-0.1, -0.05) is 88.9 Å². The lowest BCUT2D eigenvalue weighted by Crippen LogP contribution is -2.56. The molecule has 0 saturated carbocycles. The number of hydrogen-bond donors (Lipinski definition) is 1. The van der Waals surface area contributed by atoms with Crippen LogP contribution in [0.25, 0.3) is 0 Å². The molecule has 1 N–H and O–H groups in total. The molecule has 2 amide bonds. The van der Waals surface area contributed by atoms with Crippen molar-refractivity contribution in [3.63, 3.8) is 0 Å². The third kappa shape index (κ3) is 9.72. The van der Waals surface area contributed by atoms with Gasteiger partial charge in [0.2, 0.25) is 11.8 Å². The van der Waals surface area contributed by atoms with Crippen LogP contribution < -0.4 is 9.62 Å². The monoisotopic (exact) mass is 767 g/mol. The number of nitrogens with zero attached hydrogens (tertiary/aromatic N) is 2. The predicted molar refractivity (Wildman–Crippen MR) is 191 cm³/mol. The first-order valence-electron chi connectivity index (χ1n) is 15.3. The fourth-order valence-electron chi connectivity index (χ4n) is 5.11. The summed E-state index contributed by atoms with van der Waals surface area (Å²) in [7, 11) is -4.67. The van der Waals surface area contributed by atoms with E-state index in [0.717, 1.165) is 22.6 Å². The van der Waals surface area contributed by atoms with E-state index in [0.29, 0.717) is 15.9 Å². The maximum Gasteiger partial charge on any atom is 0.417 e. The fourth-order valence-corrected chi connectivity index (χ4v) is 7.26. The van der Waals surface area contributed by atoms with Crippen molar-refractivity contribution in [1.29, 1.82) is 0 Å². The molecule has 0 aromatic heterocycles. The number of sulfonamides is 1. The zero-order valence-corrected chi connectivity index (χ0v) is 30.6. The number of hydrogen-bond acceptors (Lipinski definition) is 4. The van der Waals surface area contributed by atoms with E-state index >= 15 is 0 Å². The second-order valence-corrected chi connectivity index (χ2v) is 15.7. The number of nitrogens with one attached hydrogen (secondary N) is 1.